The van der Waals surface area contributed by atoms with E-state index in [1.807, 2.05) is 0 Å². The number of hydrogen-bond acceptors (Lipinski definition) is 3. The van der Waals surface area contributed by atoms with Crippen molar-refractivity contribution < 1.29 is 13.6 Å². The molecule has 2 rings (SSSR count). The normalized spacial score (nSPS) is 10.4. The molecule has 82 valence electrons. The highest BCUT2D eigenvalue weighted by Gasteiger charge is 2.15. The molecule has 0 fully saturated rings. The van der Waals surface area contributed by atoms with Crippen LogP contribution >= 0.6 is 0 Å². The third-order valence-electron chi connectivity index (χ3n) is 2.10. The van der Waals surface area contributed by atoms with E-state index in [1.54, 1.807) is 13.0 Å². The van der Waals surface area contributed by atoms with Gasteiger partial charge in [0.25, 0.3) is 5.91 Å². The van der Waals surface area contributed by atoms with Crippen molar-refractivity contribution in [2.75, 3.05) is 0 Å². The third kappa shape index (κ3) is 1.79. The molecular weight excluding hydrogens is 211 g/mol. The topological polar surface area (TPSA) is 69.1 Å². The Labute approximate surface area is 90.9 Å². The van der Waals surface area contributed by atoms with E-state index < -0.39 is 11.7 Å². The van der Waals surface area contributed by atoms with E-state index in [4.69, 9.17) is 10.2 Å². The Morgan fingerprint density at radius 3 is 2.81 bits per heavy atom. The van der Waals surface area contributed by atoms with Gasteiger partial charge in [0.2, 0.25) is 5.89 Å². The second-order valence-corrected chi connectivity index (χ2v) is 3.30. The lowest BCUT2D eigenvalue weighted by Gasteiger charge is -1.94. The van der Waals surface area contributed by atoms with Crippen molar-refractivity contribution in [3.63, 3.8) is 0 Å². The number of rotatable bonds is 2. The van der Waals surface area contributed by atoms with Crippen LogP contribution in [0.4, 0.5) is 4.39 Å². The number of carbonyl (C=O) groups is 1. The number of nitrogens with two attached hydrogens (primary N) is 1. The molecule has 2 aromatic rings. The summed E-state index contributed by atoms with van der Waals surface area (Å²) in [7, 11) is 0. The fourth-order valence-electron chi connectivity index (χ4n) is 1.37. The van der Waals surface area contributed by atoms with E-state index in [1.165, 1.54) is 18.2 Å². The summed E-state index contributed by atoms with van der Waals surface area (Å²) in [6.07, 6.45) is 0. The summed E-state index contributed by atoms with van der Waals surface area (Å²) in [6.45, 7) is 1.58. The second kappa shape index (κ2) is 3.77. The van der Waals surface area contributed by atoms with Crippen molar-refractivity contribution in [1.82, 2.24) is 4.98 Å². The van der Waals surface area contributed by atoms with E-state index in [-0.39, 0.29) is 11.6 Å². The van der Waals surface area contributed by atoms with Crippen LogP contribution in [-0.4, -0.2) is 10.9 Å². The van der Waals surface area contributed by atoms with Crippen LogP contribution in [-0.2, 0) is 0 Å². The minimum absolute atomic E-state index is 0.0688. The van der Waals surface area contributed by atoms with Gasteiger partial charge in [-0.3, -0.25) is 4.79 Å². The number of primary amides is 1. The molecule has 0 aliphatic carbocycles. The summed E-state index contributed by atoms with van der Waals surface area (Å²) in [5.41, 5.74) is 5.64. The molecule has 0 bridgehead atoms. The molecule has 5 heteroatoms. The fraction of sp³-hybridized carbons (Fsp3) is 0.0909. The molecule has 0 atom stereocenters. The third-order valence-corrected chi connectivity index (χ3v) is 2.10. The minimum Gasteiger partial charge on any atom is -0.441 e. The monoisotopic (exact) mass is 220 g/mol. The number of aryl methyl sites for hydroxylation is 1. The van der Waals surface area contributed by atoms with Gasteiger partial charge < -0.3 is 10.2 Å². The molecule has 1 aromatic heterocycles. The van der Waals surface area contributed by atoms with E-state index >= 15 is 0 Å². The lowest BCUT2D eigenvalue weighted by molar-refractivity contribution is 0.0995. The number of halogens is 1. The number of aromatic nitrogens is 1. The van der Waals surface area contributed by atoms with Crippen LogP contribution in [0.15, 0.2) is 28.7 Å². The van der Waals surface area contributed by atoms with Crippen LogP contribution in [0.2, 0.25) is 0 Å². The van der Waals surface area contributed by atoms with Crippen molar-refractivity contribution in [1.29, 1.82) is 0 Å². The van der Waals surface area contributed by atoms with E-state index in [0.29, 0.717) is 11.3 Å². The summed E-state index contributed by atoms with van der Waals surface area (Å²) in [5, 5.41) is 0. The zero-order valence-electron chi connectivity index (χ0n) is 8.53. The van der Waals surface area contributed by atoms with Crippen molar-refractivity contribution in [3.8, 4) is 11.5 Å². The number of hydrogen-bond donors (Lipinski definition) is 1. The highest BCUT2D eigenvalue weighted by Crippen LogP contribution is 2.21. The quantitative estimate of drug-likeness (QED) is 0.840. The van der Waals surface area contributed by atoms with Gasteiger partial charge in [0.15, 0.2) is 5.69 Å². The molecule has 1 heterocycles. The average molecular weight is 220 g/mol. The molecule has 0 spiro atoms. The lowest BCUT2D eigenvalue weighted by Crippen LogP contribution is -2.12. The zero-order chi connectivity index (χ0) is 11.7. The Morgan fingerprint density at radius 2 is 2.25 bits per heavy atom. The molecule has 0 aliphatic heterocycles. The van der Waals surface area contributed by atoms with Gasteiger partial charge in [-0.25, -0.2) is 9.37 Å². The molecule has 0 aliphatic rings. The number of carbonyl (C=O) groups excluding carboxylic acids is 1. The largest absolute Gasteiger partial charge is 0.441 e. The van der Waals surface area contributed by atoms with E-state index in [0.717, 1.165) is 0 Å². The van der Waals surface area contributed by atoms with Crippen molar-refractivity contribution in [2.45, 2.75) is 6.92 Å². The smallest absolute Gasteiger partial charge is 0.270 e. The van der Waals surface area contributed by atoms with Crippen molar-refractivity contribution in [3.05, 3.63) is 41.5 Å². The number of nitrogens with zero attached hydrogens (tertiary/aromatic N) is 1. The Bertz CT molecular complexity index is 549. The minimum atomic E-state index is -0.663. The number of benzene rings is 1. The molecule has 4 nitrogen and oxygen atoms in total. The molecule has 2 N–H and O–H groups in total. The van der Waals surface area contributed by atoms with E-state index in [9.17, 15) is 9.18 Å². The maximum atomic E-state index is 13.0. The van der Waals surface area contributed by atoms with Crippen molar-refractivity contribution in [2.24, 2.45) is 5.73 Å². The fourth-order valence-corrected chi connectivity index (χ4v) is 1.37. The molecule has 16 heavy (non-hydrogen) atoms. The summed E-state index contributed by atoms with van der Waals surface area (Å²) in [5.74, 6) is -0.546. The predicted octanol–water partition coefficient (Wildman–Crippen LogP) is 1.89. The highest BCUT2D eigenvalue weighted by atomic mass is 19.1. The summed E-state index contributed by atoms with van der Waals surface area (Å²) in [6, 6.07) is 5.76. The van der Waals surface area contributed by atoms with Gasteiger partial charge in [0, 0.05) is 5.56 Å². The van der Waals surface area contributed by atoms with Gasteiger partial charge in [0.05, 0.1) is 0 Å². The van der Waals surface area contributed by atoms with Crippen LogP contribution < -0.4 is 5.73 Å². The van der Waals surface area contributed by atoms with Crippen LogP contribution in [0.3, 0.4) is 0 Å². The van der Waals surface area contributed by atoms with Gasteiger partial charge in [0.1, 0.15) is 11.6 Å². The maximum Gasteiger partial charge on any atom is 0.270 e. The number of amides is 1. The first-order chi connectivity index (χ1) is 7.58. The van der Waals surface area contributed by atoms with Gasteiger partial charge >= 0.3 is 0 Å². The summed E-state index contributed by atoms with van der Waals surface area (Å²) in [4.78, 5) is 14.9. The lowest BCUT2D eigenvalue weighted by atomic mass is 10.2. The average Bonchev–Trinajstić information content (AvgIpc) is 2.60. The molecule has 0 radical (unpaired) electrons. The molecule has 0 unspecified atom stereocenters. The second-order valence-electron chi connectivity index (χ2n) is 3.30. The molecule has 1 amide bonds. The first kappa shape index (κ1) is 10.4. The standard InChI is InChI=1S/C11H9FN2O2/c1-6-9(10(13)15)14-11(16-6)7-3-2-4-8(12)5-7/h2-5H,1H3,(H2,13,15). The predicted molar refractivity (Wildman–Crippen MR) is 55.2 cm³/mol. The Kier molecular flexibility index (Phi) is 2.44. The van der Waals surface area contributed by atoms with Gasteiger partial charge in [-0.15, -0.1) is 0 Å². The SMILES string of the molecule is Cc1oc(-c2cccc(F)c2)nc1C(N)=O. The first-order valence-corrected chi connectivity index (χ1v) is 4.61. The molecule has 1 aromatic carbocycles. The van der Waals surface area contributed by atoms with Crippen LogP contribution in [0, 0.1) is 12.7 Å². The van der Waals surface area contributed by atoms with Crippen LogP contribution in [0.25, 0.3) is 11.5 Å². The zero-order valence-corrected chi connectivity index (χ0v) is 8.53. The van der Waals surface area contributed by atoms with Gasteiger partial charge in [-0.05, 0) is 25.1 Å². The Hall–Kier alpha value is -2.17. The number of oxazole rings is 1. The molecule has 0 saturated heterocycles. The Morgan fingerprint density at radius 1 is 1.50 bits per heavy atom. The van der Waals surface area contributed by atoms with Crippen molar-refractivity contribution >= 4 is 5.91 Å². The van der Waals surface area contributed by atoms with Crippen LogP contribution in [0.5, 0.6) is 0 Å². The molecule has 0 saturated carbocycles. The summed E-state index contributed by atoms with van der Waals surface area (Å²) < 4.78 is 18.2. The molecular formula is C11H9FN2O2. The van der Waals surface area contributed by atoms with Gasteiger partial charge in [-0.1, -0.05) is 6.07 Å². The van der Waals surface area contributed by atoms with Crippen LogP contribution in [0.1, 0.15) is 16.2 Å². The highest BCUT2D eigenvalue weighted by molar-refractivity contribution is 5.92. The maximum absolute atomic E-state index is 13.0. The van der Waals surface area contributed by atoms with Gasteiger partial charge in [-0.2, -0.15) is 0 Å². The summed E-state index contributed by atoms with van der Waals surface area (Å²) >= 11 is 0. The Balaban J connectivity index is 2.49. The first-order valence-electron chi connectivity index (χ1n) is 4.61. The van der Waals surface area contributed by atoms with E-state index in [2.05, 4.69) is 4.98 Å².